The van der Waals surface area contributed by atoms with Gasteiger partial charge in [-0.25, -0.2) is 0 Å². The smallest absolute Gasteiger partial charge is 0.254 e. The summed E-state index contributed by atoms with van der Waals surface area (Å²) < 4.78 is 5.40. The zero-order chi connectivity index (χ0) is 13.8. The van der Waals surface area contributed by atoms with Gasteiger partial charge in [-0.15, -0.1) is 0 Å². The molecular weight excluding hydrogens is 238 g/mol. The predicted molar refractivity (Wildman–Crippen MR) is 76.6 cm³/mol. The largest absolute Gasteiger partial charge is 0.494 e. The highest BCUT2D eigenvalue weighted by atomic mass is 16.5. The Balaban J connectivity index is 2.13. The topological polar surface area (TPSA) is 29.5 Å². The average molecular weight is 261 g/mol. The lowest BCUT2D eigenvalue weighted by atomic mass is 9.96. The van der Waals surface area contributed by atoms with Crippen LogP contribution in [0.3, 0.4) is 0 Å². The van der Waals surface area contributed by atoms with Gasteiger partial charge in [0.2, 0.25) is 0 Å². The van der Waals surface area contributed by atoms with Gasteiger partial charge in [0.25, 0.3) is 5.91 Å². The van der Waals surface area contributed by atoms with Crippen molar-refractivity contribution in [1.82, 2.24) is 4.90 Å². The number of nitrogens with zero attached hydrogens (tertiary/aromatic N) is 1. The van der Waals surface area contributed by atoms with Crippen LogP contribution in [-0.2, 0) is 0 Å². The molecule has 2 rings (SSSR count). The second-order valence-corrected chi connectivity index (χ2v) is 5.30. The number of piperidine rings is 1. The van der Waals surface area contributed by atoms with Crippen LogP contribution in [0.2, 0.25) is 0 Å². The van der Waals surface area contributed by atoms with Crippen molar-refractivity contribution >= 4 is 5.91 Å². The van der Waals surface area contributed by atoms with E-state index < -0.39 is 0 Å². The van der Waals surface area contributed by atoms with E-state index in [2.05, 4.69) is 13.8 Å². The van der Waals surface area contributed by atoms with E-state index in [1.54, 1.807) is 0 Å². The zero-order valence-corrected chi connectivity index (χ0v) is 12.1. The monoisotopic (exact) mass is 261 g/mol. The van der Waals surface area contributed by atoms with Crippen LogP contribution in [0.15, 0.2) is 24.3 Å². The molecule has 1 aromatic rings. The van der Waals surface area contributed by atoms with E-state index >= 15 is 0 Å². The maximum absolute atomic E-state index is 12.6. The molecule has 1 heterocycles. The highest BCUT2D eigenvalue weighted by Crippen LogP contribution is 2.25. The molecule has 19 heavy (non-hydrogen) atoms. The van der Waals surface area contributed by atoms with Crippen LogP contribution in [0.25, 0.3) is 0 Å². The summed E-state index contributed by atoms with van der Waals surface area (Å²) in [5.41, 5.74) is 0.754. The van der Waals surface area contributed by atoms with Crippen molar-refractivity contribution in [3.8, 4) is 5.75 Å². The van der Waals surface area contributed by atoms with E-state index in [9.17, 15) is 4.79 Å². The normalized spacial score (nSPS) is 23.2. The van der Waals surface area contributed by atoms with Crippen molar-refractivity contribution in [3.63, 3.8) is 0 Å². The van der Waals surface area contributed by atoms with Gasteiger partial charge in [0.1, 0.15) is 5.75 Å². The van der Waals surface area contributed by atoms with Gasteiger partial charge in [0, 0.05) is 17.6 Å². The van der Waals surface area contributed by atoms with Crippen molar-refractivity contribution in [1.29, 1.82) is 0 Å². The number of likely N-dealkylation sites (tertiary alicyclic amines) is 1. The quantitative estimate of drug-likeness (QED) is 0.833. The molecule has 0 aromatic heterocycles. The van der Waals surface area contributed by atoms with Gasteiger partial charge in [0.05, 0.1) is 6.61 Å². The summed E-state index contributed by atoms with van der Waals surface area (Å²) in [7, 11) is 0. The lowest BCUT2D eigenvalue weighted by molar-refractivity contribution is 0.0511. The molecule has 0 radical (unpaired) electrons. The summed E-state index contributed by atoms with van der Waals surface area (Å²) in [6, 6.07) is 8.14. The Morgan fingerprint density at radius 1 is 1.21 bits per heavy atom. The molecule has 3 nitrogen and oxygen atoms in total. The molecule has 0 spiro atoms. The summed E-state index contributed by atoms with van der Waals surface area (Å²) in [4.78, 5) is 14.6. The predicted octanol–water partition coefficient (Wildman–Crippen LogP) is 3.49. The maximum atomic E-state index is 12.6. The third-order valence-corrected chi connectivity index (χ3v) is 3.84. The number of rotatable bonds is 3. The minimum absolute atomic E-state index is 0.141. The third kappa shape index (κ3) is 3.09. The molecule has 1 aromatic carbocycles. The number of amides is 1. The number of benzene rings is 1. The number of carbonyl (C=O) groups is 1. The van der Waals surface area contributed by atoms with Gasteiger partial charge >= 0.3 is 0 Å². The maximum Gasteiger partial charge on any atom is 0.254 e. The fraction of sp³-hybridized carbons (Fsp3) is 0.562. The van der Waals surface area contributed by atoms with Gasteiger partial charge in [0.15, 0.2) is 0 Å². The van der Waals surface area contributed by atoms with Crippen molar-refractivity contribution in [2.45, 2.75) is 52.1 Å². The van der Waals surface area contributed by atoms with E-state index in [4.69, 9.17) is 4.74 Å². The fourth-order valence-electron chi connectivity index (χ4n) is 2.83. The number of hydrogen-bond donors (Lipinski definition) is 0. The minimum Gasteiger partial charge on any atom is -0.494 e. The van der Waals surface area contributed by atoms with Crippen LogP contribution in [0.4, 0.5) is 0 Å². The van der Waals surface area contributed by atoms with E-state index in [0.717, 1.165) is 24.2 Å². The number of ether oxygens (including phenoxy) is 1. The van der Waals surface area contributed by atoms with Crippen LogP contribution in [-0.4, -0.2) is 29.5 Å². The molecule has 1 amide bonds. The van der Waals surface area contributed by atoms with Crippen LogP contribution < -0.4 is 4.74 Å². The van der Waals surface area contributed by atoms with Gasteiger partial charge < -0.3 is 9.64 Å². The first kappa shape index (κ1) is 13.9. The van der Waals surface area contributed by atoms with Gasteiger partial charge in [-0.2, -0.15) is 0 Å². The Hall–Kier alpha value is -1.51. The molecule has 2 unspecified atom stereocenters. The Labute approximate surface area is 115 Å². The molecule has 2 atom stereocenters. The number of hydrogen-bond acceptors (Lipinski definition) is 2. The molecule has 0 saturated carbocycles. The van der Waals surface area contributed by atoms with Crippen LogP contribution >= 0.6 is 0 Å². The van der Waals surface area contributed by atoms with E-state index in [0.29, 0.717) is 18.7 Å². The molecule has 1 aliphatic heterocycles. The van der Waals surface area contributed by atoms with E-state index in [1.165, 1.54) is 6.42 Å². The molecular formula is C16H23NO2. The first-order valence-electron chi connectivity index (χ1n) is 7.19. The zero-order valence-electron chi connectivity index (χ0n) is 12.1. The summed E-state index contributed by atoms with van der Waals surface area (Å²) in [5.74, 6) is 0.960. The van der Waals surface area contributed by atoms with Crippen molar-refractivity contribution in [2.24, 2.45) is 0 Å². The fourth-order valence-corrected chi connectivity index (χ4v) is 2.83. The number of carbonyl (C=O) groups excluding carboxylic acids is 1. The van der Waals surface area contributed by atoms with Crippen LogP contribution in [0.1, 0.15) is 50.4 Å². The van der Waals surface area contributed by atoms with Crippen molar-refractivity contribution in [2.75, 3.05) is 6.61 Å². The molecule has 1 fully saturated rings. The Kier molecular flexibility index (Phi) is 4.46. The summed E-state index contributed by atoms with van der Waals surface area (Å²) in [6.07, 6.45) is 3.43. The molecule has 0 N–H and O–H groups in total. The lowest BCUT2D eigenvalue weighted by Gasteiger charge is -2.39. The van der Waals surface area contributed by atoms with E-state index in [-0.39, 0.29) is 5.91 Å². The van der Waals surface area contributed by atoms with Gasteiger partial charge in [-0.3, -0.25) is 4.79 Å². The second-order valence-electron chi connectivity index (χ2n) is 5.30. The third-order valence-electron chi connectivity index (χ3n) is 3.84. The molecule has 104 valence electrons. The Morgan fingerprint density at radius 2 is 1.79 bits per heavy atom. The Bertz CT molecular complexity index is 417. The SMILES string of the molecule is CCOc1ccc(C(=O)N2C(C)CCCC2C)cc1. The lowest BCUT2D eigenvalue weighted by Crippen LogP contribution is -2.47. The molecule has 0 bridgehead atoms. The van der Waals surface area contributed by atoms with Crippen molar-refractivity contribution in [3.05, 3.63) is 29.8 Å². The molecule has 1 saturated heterocycles. The summed E-state index contributed by atoms with van der Waals surface area (Å²) in [5, 5.41) is 0. The molecule has 3 heteroatoms. The van der Waals surface area contributed by atoms with Gasteiger partial charge in [-0.1, -0.05) is 0 Å². The summed E-state index contributed by atoms with van der Waals surface area (Å²) in [6.45, 7) is 6.88. The standard InChI is InChI=1S/C16H23NO2/c1-4-19-15-10-8-14(9-11-15)16(18)17-12(2)6-5-7-13(17)3/h8-13H,4-7H2,1-3H3. The highest BCUT2D eigenvalue weighted by Gasteiger charge is 2.29. The first-order chi connectivity index (χ1) is 9.13. The van der Waals surface area contributed by atoms with E-state index in [1.807, 2.05) is 36.1 Å². The molecule has 0 aliphatic carbocycles. The first-order valence-corrected chi connectivity index (χ1v) is 7.19. The van der Waals surface area contributed by atoms with Crippen LogP contribution in [0, 0.1) is 0 Å². The van der Waals surface area contributed by atoms with Crippen LogP contribution in [0.5, 0.6) is 5.75 Å². The Morgan fingerprint density at radius 3 is 2.32 bits per heavy atom. The summed E-state index contributed by atoms with van der Waals surface area (Å²) >= 11 is 0. The minimum atomic E-state index is 0.141. The average Bonchev–Trinajstić information content (AvgIpc) is 2.39. The van der Waals surface area contributed by atoms with Crippen molar-refractivity contribution < 1.29 is 9.53 Å². The highest BCUT2D eigenvalue weighted by molar-refractivity contribution is 5.94. The van der Waals surface area contributed by atoms with Gasteiger partial charge in [-0.05, 0) is 64.3 Å². The second kappa shape index (κ2) is 6.09. The molecule has 1 aliphatic rings.